The third-order valence-corrected chi connectivity index (χ3v) is 7.41. The highest BCUT2D eigenvalue weighted by Gasteiger charge is 2.44. The number of nitrogens with zero attached hydrogens (tertiary/aromatic N) is 4. The second-order valence-electron chi connectivity index (χ2n) is 9.39. The molecule has 170 valence electrons. The molecule has 7 nitrogen and oxygen atoms in total. The molecule has 2 saturated heterocycles. The van der Waals surface area contributed by atoms with E-state index in [0.29, 0.717) is 35.0 Å². The van der Waals surface area contributed by atoms with E-state index in [2.05, 4.69) is 25.2 Å². The van der Waals surface area contributed by atoms with Gasteiger partial charge in [-0.2, -0.15) is 9.97 Å². The fourth-order valence-electron chi connectivity index (χ4n) is 5.72. The van der Waals surface area contributed by atoms with Crippen molar-refractivity contribution in [2.75, 3.05) is 25.2 Å². The summed E-state index contributed by atoms with van der Waals surface area (Å²) >= 11 is 0. The van der Waals surface area contributed by atoms with Gasteiger partial charge in [0.05, 0.1) is 13.2 Å². The molecule has 1 saturated carbocycles. The largest absolute Gasteiger partial charge is 0.475 e. The quantitative estimate of drug-likeness (QED) is 0.653. The Bertz CT molecular complexity index is 1300. The van der Waals surface area contributed by atoms with E-state index in [4.69, 9.17) is 9.47 Å². The summed E-state index contributed by atoms with van der Waals surface area (Å²) in [6.45, 7) is 1.15. The summed E-state index contributed by atoms with van der Waals surface area (Å²) in [7, 11) is 1.47. The predicted molar refractivity (Wildman–Crippen MR) is 118 cm³/mol. The Kier molecular flexibility index (Phi) is 4.09. The van der Waals surface area contributed by atoms with E-state index < -0.39 is 5.82 Å². The maximum absolute atomic E-state index is 16.1. The van der Waals surface area contributed by atoms with Crippen molar-refractivity contribution in [1.82, 2.24) is 20.3 Å². The van der Waals surface area contributed by atoms with Crippen LogP contribution in [-0.2, 0) is 0 Å². The summed E-state index contributed by atoms with van der Waals surface area (Å²) in [5.74, 6) is 0.0265. The molecule has 0 radical (unpaired) electrons. The van der Waals surface area contributed by atoms with Crippen molar-refractivity contribution in [3.63, 3.8) is 0 Å². The van der Waals surface area contributed by atoms with Crippen LogP contribution in [0.2, 0.25) is 0 Å². The highest BCUT2D eigenvalue weighted by Crippen LogP contribution is 2.48. The van der Waals surface area contributed by atoms with Crippen LogP contribution < -0.4 is 19.7 Å². The third kappa shape index (κ3) is 2.84. The predicted octanol–water partition coefficient (Wildman–Crippen LogP) is 3.56. The highest BCUT2D eigenvalue weighted by atomic mass is 19.1. The van der Waals surface area contributed by atoms with Gasteiger partial charge in [0.2, 0.25) is 5.88 Å². The summed E-state index contributed by atoms with van der Waals surface area (Å²) in [6, 6.07) is 5.50. The molecule has 5 heterocycles. The lowest BCUT2D eigenvalue weighted by molar-refractivity contribution is 0.238. The molecule has 7 rings (SSSR count). The maximum Gasteiger partial charge on any atom is 0.318 e. The molecule has 3 aliphatic heterocycles. The lowest BCUT2D eigenvalue weighted by atomic mass is 9.98. The standard InChI is InChI=1S/C24H23F2N5O2/c1-32-24-29-21-18-22(30-24)31-9-12-7-8-15(27-12)16(31)10-33-23(18)28-20(19(21)26)13-3-2-4-14(25)17(13)11-5-6-11/h2-4,11-12,15-16,27H,5-10H2,1H3. The van der Waals surface area contributed by atoms with Crippen LogP contribution in [0, 0.1) is 11.6 Å². The van der Waals surface area contributed by atoms with Crippen LogP contribution in [0.3, 0.4) is 0 Å². The molecule has 3 unspecified atom stereocenters. The molecule has 1 aromatic carbocycles. The van der Waals surface area contributed by atoms with Crippen LogP contribution in [0.25, 0.3) is 22.2 Å². The summed E-state index contributed by atoms with van der Waals surface area (Å²) in [5.41, 5.74) is 1.13. The number of anilines is 1. The average Bonchev–Trinajstić information content (AvgIpc) is 3.61. The number of ether oxygens (including phenoxy) is 2. The van der Waals surface area contributed by atoms with Gasteiger partial charge in [-0.3, -0.25) is 0 Å². The van der Waals surface area contributed by atoms with Crippen LogP contribution in [-0.4, -0.2) is 53.3 Å². The van der Waals surface area contributed by atoms with Crippen LogP contribution in [0.5, 0.6) is 11.9 Å². The fraction of sp³-hybridized carbons (Fsp3) is 0.458. The Morgan fingerprint density at radius 2 is 2.00 bits per heavy atom. The zero-order valence-corrected chi connectivity index (χ0v) is 18.1. The van der Waals surface area contributed by atoms with Crippen LogP contribution in [0.4, 0.5) is 14.6 Å². The third-order valence-electron chi connectivity index (χ3n) is 7.41. The van der Waals surface area contributed by atoms with E-state index in [9.17, 15) is 4.39 Å². The number of pyridine rings is 1. The molecule has 9 heteroatoms. The number of hydrogen-bond acceptors (Lipinski definition) is 7. The molecule has 3 atom stereocenters. The first-order valence-electron chi connectivity index (χ1n) is 11.5. The molecule has 2 aromatic heterocycles. The summed E-state index contributed by atoms with van der Waals surface area (Å²) < 4.78 is 42.4. The molecule has 3 fully saturated rings. The SMILES string of the molecule is COc1nc2c3c(nc(-c4cccc(F)c4C4CC4)c(F)c3n1)OCC1C3CCC(CN21)N3. The van der Waals surface area contributed by atoms with Gasteiger partial charge in [0.25, 0.3) is 0 Å². The van der Waals surface area contributed by atoms with Crippen molar-refractivity contribution in [1.29, 1.82) is 0 Å². The van der Waals surface area contributed by atoms with Gasteiger partial charge in [0, 0.05) is 29.8 Å². The molecule has 2 bridgehead atoms. The first kappa shape index (κ1) is 19.4. The van der Waals surface area contributed by atoms with Gasteiger partial charge in [0.1, 0.15) is 34.8 Å². The topological polar surface area (TPSA) is 72.4 Å². The van der Waals surface area contributed by atoms with E-state index in [1.54, 1.807) is 12.1 Å². The second-order valence-corrected chi connectivity index (χ2v) is 9.39. The van der Waals surface area contributed by atoms with Crippen LogP contribution in [0.1, 0.15) is 37.2 Å². The van der Waals surface area contributed by atoms with Crippen molar-refractivity contribution >= 4 is 16.7 Å². The number of methoxy groups -OCH3 is 1. The maximum atomic E-state index is 16.1. The molecular formula is C24H23F2N5O2. The Morgan fingerprint density at radius 3 is 2.82 bits per heavy atom. The molecule has 33 heavy (non-hydrogen) atoms. The molecule has 4 aliphatic rings. The molecular weight excluding hydrogens is 428 g/mol. The Labute approximate surface area is 189 Å². The monoisotopic (exact) mass is 451 g/mol. The number of hydrogen-bond donors (Lipinski definition) is 1. The number of halogens is 2. The molecule has 1 aliphatic carbocycles. The van der Waals surface area contributed by atoms with Crippen molar-refractivity contribution in [2.45, 2.75) is 49.7 Å². The Hall–Kier alpha value is -3.07. The fourth-order valence-corrected chi connectivity index (χ4v) is 5.72. The van der Waals surface area contributed by atoms with E-state index in [1.165, 1.54) is 13.2 Å². The second kappa shape index (κ2) is 6.96. The lowest BCUT2D eigenvalue weighted by Gasteiger charge is -2.40. The van der Waals surface area contributed by atoms with Crippen LogP contribution in [0.15, 0.2) is 18.2 Å². The highest BCUT2D eigenvalue weighted by molar-refractivity contribution is 5.97. The zero-order valence-electron chi connectivity index (χ0n) is 18.1. The lowest BCUT2D eigenvalue weighted by Crippen LogP contribution is -2.60. The summed E-state index contributed by atoms with van der Waals surface area (Å²) in [4.78, 5) is 15.8. The average molecular weight is 451 g/mol. The molecule has 3 aromatic rings. The summed E-state index contributed by atoms with van der Waals surface area (Å²) in [6.07, 6.45) is 3.92. The Balaban J connectivity index is 1.49. The zero-order chi connectivity index (χ0) is 22.3. The molecule has 0 spiro atoms. The van der Waals surface area contributed by atoms with E-state index in [-0.39, 0.29) is 46.9 Å². The van der Waals surface area contributed by atoms with Gasteiger partial charge in [-0.05, 0) is 37.7 Å². The van der Waals surface area contributed by atoms with Crippen molar-refractivity contribution in [3.8, 4) is 23.1 Å². The first-order valence-corrected chi connectivity index (χ1v) is 11.5. The first-order chi connectivity index (χ1) is 16.1. The smallest absolute Gasteiger partial charge is 0.318 e. The van der Waals surface area contributed by atoms with Crippen molar-refractivity contribution < 1.29 is 18.3 Å². The number of rotatable bonds is 3. The van der Waals surface area contributed by atoms with Crippen molar-refractivity contribution in [2.24, 2.45) is 0 Å². The van der Waals surface area contributed by atoms with E-state index >= 15 is 4.39 Å². The number of benzene rings is 1. The van der Waals surface area contributed by atoms with Gasteiger partial charge >= 0.3 is 6.01 Å². The minimum absolute atomic E-state index is 0.0449. The van der Waals surface area contributed by atoms with Crippen molar-refractivity contribution in [3.05, 3.63) is 35.4 Å². The number of nitrogens with one attached hydrogen (secondary N) is 1. The molecule has 0 amide bonds. The number of piperazine rings is 1. The molecule has 1 N–H and O–H groups in total. The minimum Gasteiger partial charge on any atom is -0.475 e. The van der Waals surface area contributed by atoms with Crippen LogP contribution >= 0.6 is 0 Å². The van der Waals surface area contributed by atoms with Gasteiger partial charge in [0.15, 0.2) is 5.82 Å². The van der Waals surface area contributed by atoms with E-state index in [0.717, 1.165) is 32.2 Å². The van der Waals surface area contributed by atoms with Gasteiger partial charge < -0.3 is 19.7 Å². The number of aromatic nitrogens is 3. The number of fused-ring (bicyclic) bond motifs is 5. The van der Waals surface area contributed by atoms with Gasteiger partial charge in [-0.15, -0.1) is 0 Å². The van der Waals surface area contributed by atoms with Gasteiger partial charge in [-0.25, -0.2) is 13.8 Å². The minimum atomic E-state index is -0.608. The summed E-state index contributed by atoms with van der Waals surface area (Å²) in [5, 5.41) is 4.10. The Morgan fingerprint density at radius 1 is 1.12 bits per heavy atom. The van der Waals surface area contributed by atoms with E-state index in [1.807, 2.05) is 0 Å². The van der Waals surface area contributed by atoms with Gasteiger partial charge in [-0.1, -0.05) is 12.1 Å². The normalized spacial score (nSPS) is 25.5.